The largest absolute Gasteiger partial charge is 0.385 e. The maximum atomic E-state index is 10.4. The molecule has 1 aromatic rings. The zero-order chi connectivity index (χ0) is 11.3. The molecule has 3 heteroatoms. The molecule has 3 nitrogen and oxygen atoms in total. The molecule has 0 unspecified atom stereocenters. The van der Waals surface area contributed by atoms with Crippen LogP contribution in [0.25, 0.3) is 0 Å². The van der Waals surface area contributed by atoms with E-state index in [1.54, 1.807) is 6.07 Å². The molecule has 15 heavy (non-hydrogen) atoms. The molecule has 1 rings (SSSR count). The first-order valence-corrected chi connectivity index (χ1v) is 5.20. The highest BCUT2D eigenvalue weighted by Crippen LogP contribution is 2.33. The van der Waals surface area contributed by atoms with Crippen molar-refractivity contribution in [2.45, 2.75) is 32.3 Å². The topological polar surface area (TPSA) is 49.3 Å². The number of aliphatic hydroxyl groups is 1. The van der Waals surface area contributed by atoms with Gasteiger partial charge in [0.05, 0.1) is 5.60 Å². The van der Waals surface area contributed by atoms with Crippen molar-refractivity contribution in [2.75, 3.05) is 5.32 Å². The summed E-state index contributed by atoms with van der Waals surface area (Å²) in [6, 6.07) is 7.33. The molecule has 0 heterocycles. The van der Waals surface area contributed by atoms with Crippen molar-refractivity contribution in [1.82, 2.24) is 0 Å². The van der Waals surface area contributed by atoms with Gasteiger partial charge < -0.3 is 10.4 Å². The Bertz CT molecular complexity index is 332. The molecule has 0 aromatic heterocycles. The van der Waals surface area contributed by atoms with Gasteiger partial charge >= 0.3 is 0 Å². The number of benzene rings is 1. The standard InChI is InChI=1S/C12H17NO2/c1-3-12(15,4-2)10-7-5-6-8-11(10)13-9-14/h5-9,15H,3-4H2,1-2H3,(H,13,14). The number of rotatable bonds is 5. The van der Waals surface area contributed by atoms with Crippen LogP contribution < -0.4 is 5.32 Å². The van der Waals surface area contributed by atoms with E-state index in [-0.39, 0.29) is 0 Å². The minimum absolute atomic E-state index is 0.626. The highest BCUT2D eigenvalue weighted by Gasteiger charge is 2.27. The zero-order valence-corrected chi connectivity index (χ0v) is 9.16. The van der Waals surface area contributed by atoms with Crippen LogP contribution in [-0.4, -0.2) is 11.5 Å². The Morgan fingerprint density at radius 2 is 1.93 bits per heavy atom. The summed E-state index contributed by atoms with van der Waals surface area (Å²) < 4.78 is 0. The summed E-state index contributed by atoms with van der Waals surface area (Å²) in [5.41, 5.74) is 0.605. The van der Waals surface area contributed by atoms with Crippen LogP contribution in [0.1, 0.15) is 32.3 Å². The van der Waals surface area contributed by atoms with Crippen LogP contribution in [0.4, 0.5) is 5.69 Å². The van der Waals surface area contributed by atoms with Crippen molar-refractivity contribution in [3.63, 3.8) is 0 Å². The summed E-state index contributed by atoms with van der Waals surface area (Å²) >= 11 is 0. The van der Waals surface area contributed by atoms with Crippen LogP contribution in [0.2, 0.25) is 0 Å². The number of carbonyl (C=O) groups excluding carboxylic acids is 1. The number of amides is 1. The smallest absolute Gasteiger partial charge is 0.211 e. The van der Waals surface area contributed by atoms with Gasteiger partial charge in [-0.1, -0.05) is 32.0 Å². The number of hydrogen-bond donors (Lipinski definition) is 2. The van der Waals surface area contributed by atoms with Crippen molar-refractivity contribution in [2.24, 2.45) is 0 Å². The molecule has 2 N–H and O–H groups in total. The van der Waals surface area contributed by atoms with E-state index in [4.69, 9.17) is 0 Å². The molecule has 82 valence electrons. The Balaban J connectivity index is 3.16. The predicted molar refractivity (Wildman–Crippen MR) is 60.6 cm³/mol. The summed E-state index contributed by atoms with van der Waals surface area (Å²) in [7, 11) is 0. The van der Waals surface area contributed by atoms with E-state index in [1.807, 2.05) is 32.0 Å². The molecule has 0 atom stereocenters. The molecule has 0 bridgehead atoms. The van der Waals surface area contributed by atoms with Gasteiger partial charge in [-0.25, -0.2) is 0 Å². The van der Waals surface area contributed by atoms with Crippen molar-refractivity contribution in [3.05, 3.63) is 29.8 Å². The van der Waals surface area contributed by atoms with Crippen LogP contribution >= 0.6 is 0 Å². The second-order valence-corrected chi connectivity index (χ2v) is 3.55. The average Bonchev–Trinajstić information content (AvgIpc) is 2.29. The van der Waals surface area contributed by atoms with Crippen LogP contribution in [0.5, 0.6) is 0 Å². The van der Waals surface area contributed by atoms with Gasteiger partial charge in [0.15, 0.2) is 0 Å². The summed E-state index contributed by atoms with van der Waals surface area (Å²) in [6.45, 7) is 3.86. The van der Waals surface area contributed by atoms with E-state index >= 15 is 0 Å². The molecule has 1 aromatic carbocycles. The van der Waals surface area contributed by atoms with E-state index in [9.17, 15) is 9.90 Å². The lowest BCUT2D eigenvalue weighted by Crippen LogP contribution is -2.24. The van der Waals surface area contributed by atoms with Gasteiger partial charge in [0, 0.05) is 11.3 Å². The number of para-hydroxylation sites is 1. The van der Waals surface area contributed by atoms with Gasteiger partial charge in [0.1, 0.15) is 0 Å². The maximum absolute atomic E-state index is 10.4. The first-order valence-electron chi connectivity index (χ1n) is 5.20. The first-order chi connectivity index (χ1) is 7.18. The second kappa shape index (κ2) is 4.94. The molecular weight excluding hydrogens is 190 g/mol. The number of carbonyl (C=O) groups is 1. The van der Waals surface area contributed by atoms with Crippen LogP contribution in [0.3, 0.4) is 0 Å². The highest BCUT2D eigenvalue weighted by atomic mass is 16.3. The summed E-state index contributed by atoms with van der Waals surface area (Å²) in [5, 5.41) is 13.0. The lowest BCUT2D eigenvalue weighted by Gasteiger charge is -2.27. The minimum Gasteiger partial charge on any atom is -0.385 e. The fourth-order valence-corrected chi connectivity index (χ4v) is 1.71. The van der Waals surface area contributed by atoms with E-state index < -0.39 is 5.60 Å². The summed E-state index contributed by atoms with van der Waals surface area (Å²) in [5.74, 6) is 0. The van der Waals surface area contributed by atoms with E-state index in [2.05, 4.69) is 5.32 Å². The number of nitrogens with one attached hydrogen (secondary N) is 1. The number of anilines is 1. The molecule has 0 saturated heterocycles. The molecular formula is C12H17NO2. The van der Waals surface area contributed by atoms with Crippen LogP contribution in [0.15, 0.2) is 24.3 Å². The Morgan fingerprint density at radius 3 is 2.47 bits per heavy atom. The normalized spacial score (nSPS) is 11.1. The Morgan fingerprint density at radius 1 is 1.33 bits per heavy atom. The molecule has 0 aliphatic carbocycles. The third-order valence-corrected chi connectivity index (χ3v) is 2.81. The van der Waals surface area contributed by atoms with Crippen molar-refractivity contribution in [1.29, 1.82) is 0 Å². The third-order valence-electron chi connectivity index (χ3n) is 2.81. The lowest BCUT2D eigenvalue weighted by atomic mass is 9.87. The van der Waals surface area contributed by atoms with Gasteiger partial charge in [0.2, 0.25) is 6.41 Å². The van der Waals surface area contributed by atoms with E-state index in [0.29, 0.717) is 24.9 Å². The molecule has 0 spiro atoms. The molecule has 0 saturated carbocycles. The van der Waals surface area contributed by atoms with Gasteiger partial charge in [-0.15, -0.1) is 0 Å². The van der Waals surface area contributed by atoms with Crippen LogP contribution in [0, 0.1) is 0 Å². The van der Waals surface area contributed by atoms with Gasteiger partial charge in [-0.3, -0.25) is 4.79 Å². The quantitative estimate of drug-likeness (QED) is 0.728. The van der Waals surface area contributed by atoms with Crippen molar-refractivity contribution in [3.8, 4) is 0 Å². The monoisotopic (exact) mass is 207 g/mol. The molecule has 0 fully saturated rings. The van der Waals surface area contributed by atoms with Gasteiger partial charge in [-0.2, -0.15) is 0 Å². The highest BCUT2D eigenvalue weighted by molar-refractivity contribution is 5.73. The first kappa shape index (κ1) is 11.7. The van der Waals surface area contributed by atoms with Gasteiger partial charge in [-0.05, 0) is 18.9 Å². The average molecular weight is 207 g/mol. The van der Waals surface area contributed by atoms with Gasteiger partial charge in [0.25, 0.3) is 0 Å². The molecule has 0 radical (unpaired) electrons. The zero-order valence-electron chi connectivity index (χ0n) is 9.16. The lowest BCUT2D eigenvalue weighted by molar-refractivity contribution is -0.105. The minimum atomic E-state index is -0.855. The third kappa shape index (κ3) is 2.36. The Hall–Kier alpha value is -1.35. The fraction of sp³-hybridized carbons (Fsp3) is 0.417. The summed E-state index contributed by atoms with van der Waals surface area (Å²) in [4.78, 5) is 10.4. The van der Waals surface area contributed by atoms with Crippen molar-refractivity contribution >= 4 is 12.1 Å². The predicted octanol–water partition coefficient (Wildman–Crippen LogP) is 2.26. The second-order valence-electron chi connectivity index (χ2n) is 3.55. The Kier molecular flexibility index (Phi) is 3.86. The summed E-state index contributed by atoms with van der Waals surface area (Å²) in [6.07, 6.45) is 1.88. The maximum Gasteiger partial charge on any atom is 0.211 e. The van der Waals surface area contributed by atoms with Crippen LogP contribution in [-0.2, 0) is 10.4 Å². The molecule has 1 amide bonds. The SMILES string of the molecule is CCC(O)(CC)c1ccccc1NC=O. The van der Waals surface area contributed by atoms with Crippen molar-refractivity contribution < 1.29 is 9.90 Å². The Labute approximate surface area is 90.1 Å². The van der Waals surface area contributed by atoms with E-state index in [0.717, 1.165) is 5.56 Å². The molecule has 0 aliphatic rings. The fourth-order valence-electron chi connectivity index (χ4n) is 1.71. The van der Waals surface area contributed by atoms with E-state index in [1.165, 1.54) is 0 Å². The molecule has 0 aliphatic heterocycles. The number of hydrogen-bond acceptors (Lipinski definition) is 2.